The van der Waals surface area contributed by atoms with E-state index in [-0.39, 0.29) is 11.4 Å². The Balaban J connectivity index is 2.97. The van der Waals surface area contributed by atoms with Gasteiger partial charge in [-0.05, 0) is 30.7 Å². The van der Waals surface area contributed by atoms with Crippen LogP contribution in [-0.2, 0) is 14.8 Å². The average molecular weight is 273 g/mol. The molecule has 7 heteroatoms. The topological polar surface area (TPSA) is 83.5 Å². The number of hydrogen-bond donors (Lipinski definition) is 2. The number of carbonyl (C=O) groups is 1. The zero-order chi connectivity index (χ0) is 13.8. The Bertz CT molecular complexity index is 581. The van der Waals surface area contributed by atoms with Crippen molar-refractivity contribution < 1.29 is 22.7 Å². The summed E-state index contributed by atoms with van der Waals surface area (Å²) < 4.78 is 38.1. The molecule has 1 aromatic rings. The first kappa shape index (κ1) is 14.2. The minimum atomic E-state index is -3.54. The van der Waals surface area contributed by atoms with Gasteiger partial charge in [0.05, 0.1) is 11.4 Å². The highest BCUT2D eigenvalue weighted by molar-refractivity contribution is 7.92. The van der Waals surface area contributed by atoms with Crippen molar-refractivity contribution in [3.05, 3.63) is 35.7 Å². The molecule has 0 unspecified atom stereocenters. The number of sulfonamides is 1. The van der Waals surface area contributed by atoms with Crippen LogP contribution >= 0.6 is 0 Å². The molecule has 1 rings (SSSR count). The molecular weight excluding hydrogens is 261 g/mol. The molecule has 1 aromatic carbocycles. The van der Waals surface area contributed by atoms with Crippen LogP contribution < -0.4 is 4.72 Å². The fourth-order valence-corrected chi connectivity index (χ4v) is 1.77. The smallest absolute Gasteiger partial charge is 0.328 e. The fraction of sp³-hybridized carbons (Fsp3) is 0.182. The minimum absolute atomic E-state index is 0.160. The second-order valence-corrected chi connectivity index (χ2v) is 5.43. The summed E-state index contributed by atoms with van der Waals surface area (Å²) in [6.07, 6.45) is 2.08. The van der Waals surface area contributed by atoms with Crippen LogP contribution in [0.5, 0.6) is 0 Å². The zero-order valence-electron chi connectivity index (χ0n) is 9.55. The molecule has 0 bridgehead atoms. The fourth-order valence-electron chi connectivity index (χ4n) is 1.13. The normalized spacial score (nSPS) is 11.7. The van der Waals surface area contributed by atoms with Crippen LogP contribution in [-0.4, -0.2) is 25.2 Å². The number of rotatable bonds is 5. The summed E-state index contributed by atoms with van der Waals surface area (Å²) >= 11 is 0. The van der Waals surface area contributed by atoms with E-state index in [1.165, 1.54) is 25.1 Å². The molecule has 0 spiro atoms. The number of aliphatic carboxylic acids is 1. The van der Waals surface area contributed by atoms with E-state index in [9.17, 15) is 17.6 Å². The number of nitrogens with one attached hydrogen (secondary N) is 1. The molecule has 0 fully saturated rings. The molecule has 5 nitrogen and oxygen atoms in total. The first-order valence-electron chi connectivity index (χ1n) is 5.05. The average Bonchev–Trinajstić information content (AvgIpc) is 2.29. The second-order valence-electron chi connectivity index (χ2n) is 3.42. The molecule has 2 N–H and O–H groups in total. The molecule has 0 aromatic heterocycles. The lowest BCUT2D eigenvalue weighted by Crippen LogP contribution is -2.15. The van der Waals surface area contributed by atoms with Crippen molar-refractivity contribution in [1.29, 1.82) is 0 Å². The number of carboxylic acids is 1. The number of carboxylic acid groups (broad SMARTS) is 1. The van der Waals surface area contributed by atoms with Gasteiger partial charge in [0.1, 0.15) is 5.82 Å². The molecule has 0 aliphatic rings. The first-order valence-corrected chi connectivity index (χ1v) is 6.70. The lowest BCUT2D eigenvalue weighted by atomic mass is 10.2. The van der Waals surface area contributed by atoms with Crippen LogP contribution in [0.3, 0.4) is 0 Å². The highest BCUT2D eigenvalue weighted by Crippen LogP contribution is 2.18. The number of halogens is 1. The van der Waals surface area contributed by atoms with Gasteiger partial charge in [0.2, 0.25) is 10.0 Å². The Kier molecular flexibility index (Phi) is 4.43. The molecule has 0 heterocycles. The van der Waals surface area contributed by atoms with Crippen LogP contribution in [0.25, 0.3) is 6.08 Å². The largest absolute Gasteiger partial charge is 0.478 e. The number of benzene rings is 1. The monoisotopic (exact) mass is 273 g/mol. The Hall–Kier alpha value is -1.89. The Labute approximate surface area is 104 Å². The van der Waals surface area contributed by atoms with E-state index in [4.69, 9.17) is 5.11 Å². The molecular formula is C11H12FNO4S. The zero-order valence-corrected chi connectivity index (χ0v) is 10.4. The lowest BCUT2D eigenvalue weighted by molar-refractivity contribution is -0.131. The molecule has 0 atom stereocenters. The number of anilines is 1. The van der Waals surface area contributed by atoms with Crippen LogP contribution in [0.1, 0.15) is 12.5 Å². The van der Waals surface area contributed by atoms with Gasteiger partial charge in [0.25, 0.3) is 0 Å². The van der Waals surface area contributed by atoms with Crippen molar-refractivity contribution in [2.45, 2.75) is 6.92 Å². The summed E-state index contributed by atoms with van der Waals surface area (Å²) in [5.74, 6) is -2.07. The third-order valence-electron chi connectivity index (χ3n) is 2.06. The van der Waals surface area contributed by atoms with Crippen molar-refractivity contribution in [3.63, 3.8) is 0 Å². The summed E-state index contributed by atoms with van der Waals surface area (Å²) in [7, 11) is -3.54. The molecule has 0 radical (unpaired) electrons. The quantitative estimate of drug-likeness (QED) is 0.799. The van der Waals surface area contributed by atoms with E-state index in [0.29, 0.717) is 5.56 Å². The standard InChI is InChI=1S/C11H12FNO4S/c1-2-18(16,17)13-10-5-3-8(7-9(10)12)4-6-11(14)15/h3-7,13H,2H2,1H3,(H,14,15). The maximum absolute atomic E-state index is 13.5. The molecule has 0 aliphatic heterocycles. The van der Waals surface area contributed by atoms with E-state index in [1.807, 2.05) is 0 Å². The molecule has 0 amide bonds. The van der Waals surface area contributed by atoms with Gasteiger partial charge < -0.3 is 5.11 Å². The van der Waals surface area contributed by atoms with Crippen LogP contribution in [0.2, 0.25) is 0 Å². The lowest BCUT2D eigenvalue weighted by Gasteiger charge is -2.07. The van der Waals surface area contributed by atoms with Gasteiger partial charge in [-0.1, -0.05) is 6.07 Å². The predicted octanol–water partition coefficient (Wildman–Crippen LogP) is 1.69. The van der Waals surface area contributed by atoms with Crippen molar-refractivity contribution >= 4 is 27.8 Å². The Morgan fingerprint density at radius 2 is 2.17 bits per heavy atom. The molecule has 18 heavy (non-hydrogen) atoms. The van der Waals surface area contributed by atoms with Gasteiger partial charge in [-0.25, -0.2) is 17.6 Å². The van der Waals surface area contributed by atoms with E-state index >= 15 is 0 Å². The Morgan fingerprint density at radius 3 is 2.67 bits per heavy atom. The van der Waals surface area contributed by atoms with Gasteiger partial charge >= 0.3 is 5.97 Å². The van der Waals surface area contributed by atoms with Gasteiger partial charge in [-0.15, -0.1) is 0 Å². The van der Waals surface area contributed by atoms with Crippen LogP contribution in [0.15, 0.2) is 24.3 Å². The third kappa shape index (κ3) is 4.17. The highest BCUT2D eigenvalue weighted by atomic mass is 32.2. The maximum Gasteiger partial charge on any atom is 0.328 e. The van der Waals surface area contributed by atoms with Crippen molar-refractivity contribution in [2.24, 2.45) is 0 Å². The van der Waals surface area contributed by atoms with Crippen molar-refractivity contribution in [1.82, 2.24) is 0 Å². The molecule has 0 aliphatic carbocycles. The summed E-state index contributed by atoms with van der Waals surface area (Å²) in [5.41, 5.74) is 0.165. The van der Waals surface area contributed by atoms with Crippen LogP contribution in [0, 0.1) is 5.82 Å². The molecule has 0 saturated carbocycles. The highest BCUT2D eigenvalue weighted by Gasteiger charge is 2.10. The number of hydrogen-bond acceptors (Lipinski definition) is 3. The predicted molar refractivity (Wildman–Crippen MR) is 66.2 cm³/mol. The van der Waals surface area contributed by atoms with E-state index in [1.54, 1.807) is 0 Å². The first-order chi connectivity index (χ1) is 8.34. The summed E-state index contributed by atoms with van der Waals surface area (Å²) in [4.78, 5) is 10.3. The van der Waals surface area contributed by atoms with Crippen molar-refractivity contribution in [2.75, 3.05) is 10.5 Å². The summed E-state index contributed by atoms with van der Waals surface area (Å²) in [5, 5.41) is 8.41. The van der Waals surface area contributed by atoms with E-state index in [0.717, 1.165) is 12.1 Å². The SMILES string of the molecule is CCS(=O)(=O)Nc1ccc(C=CC(=O)O)cc1F. The van der Waals surface area contributed by atoms with Gasteiger partial charge in [0, 0.05) is 6.08 Å². The second kappa shape index (κ2) is 5.63. The summed E-state index contributed by atoms with van der Waals surface area (Å²) in [6.45, 7) is 1.43. The van der Waals surface area contributed by atoms with Gasteiger partial charge in [0.15, 0.2) is 0 Å². The maximum atomic E-state index is 13.5. The van der Waals surface area contributed by atoms with Gasteiger partial charge in [-0.3, -0.25) is 4.72 Å². The van der Waals surface area contributed by atoms with E-state index in [2.05, 4.69) is 4.72 Å². The third-order valence-corrected chi connectivity index (χ3v) is 3.35. The van der Waals surface area contributed by atoms with E-state index < -0.39 is 21.8 Å². The van der Waals surface area contributed by atoms with Gasteiger partial charge in [-0.2, -0.15) is 0 Å². The van der Waals surface area contributed by atoms with Crippen LogP contribution in [0.4, 0.5) is 10.1 Å². The molecule has 98 valence electrons. The van der Waals surface area contributed by atoms with Crippen molar-refractivity contribution in [3.8, 4) is 0 Å². The minimum Gasteiger partial charge on any atom is -0.478 e. The Morgan fingerprint density at radius 1 is 1.50 bits per heavy atom. The summed E-state index contributed by atoms with van der Waals surface area (Å²) in [6, 6.07) is 3.70. The molecule has 0 saturated heterocycles.